The van der Waals surface area contributed by atoms with E-state index in [9.17, 15) is 0 Å². The number of nitrogens with two attached hydrogens (primary N) is 1. The molecule has 3 rings (SSSR count). The maximum absolute atomic E-state index is 5.91. The van der Waals surface area contributed by atoms with E-state index < -0.39 is 0 Å². The molecule has 0 fully saturated rings. The number of fused-ring (bicyclic) bond motifs is 1. The summed E-state index contributed by atoms with van der Waals surface area (Å²) in [7, 11) is 0. The van der Waals surface area contributed by atoms with Crippen LogP contribution in [-0.4, -0.2) is 19.8 Å². The first-order chi connectivity index (χ1) is 8.28. The predicted octanol–water partition coefficient (Wildman–Crippen LogP) is 1.96. The van der Waals surface area contributed by atoms with E-state index in [4.69, 9.17) is 17.3 Å². The third-order valence-corrected chi connectivity index (χ3v) is 3.59. The number of halogens is 1. The number of thiophene rings is 1. The molecule has 0 spiro atoms. The molecule has 0 radical (unpaired) electrons. The van der Waals surface area contributed by atoms with Gasteiger partial charge in [-0.25, -0.2) is 0 Å². The largest absolute Gasteiger partial charge is 0.324 e. The fourth-order valence-corrected chi connectivity index (χ4v) is 2.55. The molecule has 2 N–H and O–H groups in total. The predicted molar refractivity (Wildman–Crippen MR) is 67.0 cm³/mol. The third kappa shape index (κ3) is 1.80. The molecule has 0 saturated heterocycles. The average Bonchev–Trinajstić information content (AvgIpc) is 2.94. The van der Waals surface area contributed by atoms with Crippen molar-refractivity contribution < 1.29 is 0 Å². The molecule has 5 nitrogen and oxygen atoms in total. The molecular formula is C10H8ClN5S. The lowest BCUT2D eigenvalue weighted by Crippen LogP contribution is -2.05. The van der Waals surface area contributed by atoms with Gasteiger partial charge in [-0.1, -0.05) is 11.6 Å². The molecule has 7 heteroatoms. The summed E-state index contributed by atoms with van der Waals surface area (Å²) in [6.45, 7) is 0.308. The Hall–Kier alpha value is -1.50. The highest BCUT2D eigenvalue weighted by atomic mass is 35.5. The first-order valence-electron chi connectivity index (χ1n) is 4.95. The topological polar surface area (TPSA) is 69.1 Å². The molecule has 86 valence electrons. The normalized spacial score (nSPS) is 11.2. The second-order valence-electron chi connectivity index (χ2n) is 3.41. The first-order valence-corrected chi connectivity index (χ1v) is 6.14. The van der Waals surface area contributed by atoms with Gasteiger partial charge in [-0.2, -0.15) is 9.61 Å². The van der Waals surface area contributed by atoms with Crippen LogP contribution in [0.1, 0.15) is 5.82 Å². The fraction of sp³-hybridized carbons (Fsp3) is 0.100. The minimum absolute atomic E-state index is 0.308. The van der Waals surface area contributed by atoms with Crippen LogP contribution in [0.15, 0.2) is 24.3 Å². The zero-order valence-electron chi connectivity index (χ0n) is 8.67. The van der Waals surface area contributed by atoms with Crippen molar-refractivity contribution in [3.63, 3.8) is 0 Å². The summed E-state index contributed by atoms with van der Waals surface area (Å²) in [6, 6.07) is 7.55. The van der Waals surface area contributed by atoms with Gasteiger partial charge in [-0.15, -0.1) is 21.5 Å². The molecular weight excluding hydrogens is 258 g/mol. The van der Waals surface area contributed by atoms with Crippen molar-refractivity contribution in [2.24, 2.45) is 5.73 Å². The number of aromatic nitrogens is 4. The van der Waals surface area contributed by atoms with E-state index in [2.05, 4.69) is 15.3 Å². The van der Waals surface area contributed by atoms with E-state index >= 15 is 0 Å². The van der Waals surface area contributed by atoms with Crippen molar-refractivity contribution in [1.29, 1.82) is 0 Å². The average molecular weight is 266 g/mol. The Morgan fingerprint density at radius 3 is 2.82 bits per heavy atom. The van der Waals surface area contributed by atoms with Crippen molar-refractivity contribution in [3.8, 4) is 10.6 Å². The molecule has 3 aromatic rings. The summed E-state index contributed by atoms with van der Waals surface area (Å²) in [5.74, 6) is 0.643. The fourth-order valence-electron chi connectivity index (χ4n) is 1.54. The first kappa shape index (κ1) is 10.6. The monoisotopic (exact) mass is 265 g/mol. The molecule has 0 aliphatic heterocycles. The van der Waals surface area contributed by atoms with Crippen LogP contribution < -0.4 is 5.73 Å². The van der Waals surface area contributed by atoms with Crippen LogP contribution in [0.25, 0.3) is 16.2 Å². The van der Waals surface area contributed by atoms with E-state index in [1.165, 1.54) is 11.3 Å². The lowest BCUT2D eigenvalue weighted by Gasteiger charge is -1.99. The number of nitrogens with zero attached hydrogens (tertiary/aromatic N) is 4. The molecule has 0 aromatic carbocycles. The van der Waals surface area contributed by atoms with Crippen LogP contribution in [0, 0.1) is 0 Å². The maximum Gasteiger partial charge on any atom is 0.177 e. The summed E-state index contributed by atoms with van der Waals surface area (Å²) >= 11 is 7.39. The van der Waals surface area contributed by atoms with Gasteiger partial charge >= 0.3 is 0 Å². The van der Waals surface area contributed by atoms with Crippen LogP contribution in [0.2, 0.25) is 4.34 Å². The van der Waals surface area contributed by atoms with E-state index in [1.54, 1.807) is 4.52 Å². The summed E-state index contributed by atoms with van der Waals surface area (Å²) in [5, 5.41) is 12.4. The van der Waals surface area contributed by atoms with Crippen LogP contribution in [-0.2, 0) is 6.54 Å². The summed E-state index contributed by atoms with van der Waals surface area (Å²) < 4.78 is 2.40. The van der Waals surface area contributed by atoms with Crippen molar-refractivity contribution in [2.75, 3.05) is 0 Å². The Balaban J connectivity index is 2.18. The minimum Gasteiger partial charge on any atom is -0.324 e. The lowest BCUT2D eigenvalue weighted by atomic mass is 10.3. The Labute approximate surface area is 106 Å². The number of hydrogen-bond acceptors (Lipinski definition) is 5. The maximum atomic E-state index is 5.91. The van der Waals surface area contributed by atoms with E-state index in [1.807, 2.05) is 24.3 Å². The van der Waals surface area contributed by atoms with Gasteiger partial charge in [-0.05, 0) is 24.3 Å². The van der Waals surface area contributed by atoms with Crippen LogP contribution in [0.3, 0.4) is 0 Å². The highest BCUT2D eigenvalue weighted by Crippen LogP contribution is 2.29. The molecule has 0 aliphatic rings. The Bertz CT molecular complexity index is 674. The lowest BCUT2D eigenvalue weighted by molar-refractivity contribution is 0.812. The number of hydrogen-bond donors (Lipinski definition) is 1. The van der Waals surface area contributed by atoms with Gasteiger partial charge in [0.1, 0.15) is 5.69 Å². The van der Waals surface area contributed by atoms with Gasteiger partial charge in [0.2, 0.25) is 0 Å². The van der Waals surface area contributed by atoms with Crippen molar-refractivity contribution >= 4 is 28.6 Å². The van der Waals surface area contributed by atoms with Gasteiger partial charge in [-0.3, -0.25) is 0 Å². The van der Waals surface area contributed by atoms with Crippen molar-refractivity contribution in [2.45, 2.75) is 6.54 Å². The highest BCUT2D eigenvalue weighted by molar-refractivity contribution is 7.19. The van der Waals surface area contributed by atoms with E-state index in [0.717, 1.165) is 14.9 Å². The quantitative estimate of drug-likeness (QED) is 0.769. The van der Waals surface area contributed by atoms with Gasteiger partial charge in [0, 0.05) is 0 Å². The van der Waals surface area contributed by atoms with Crippen LogP contribution in [0.5, 0.6) is 0 Å². The van der Waals surface area contributed by atoms with Gasteiger partial charge < -0.3 is 5.73 Å². The summed E-state index contributed by atoms with van der Waals surface area (Å²) in [5.41, 5.74) is 7.10. The smallest absolute Gasteiger partial charge is 0.177 e. The molecule has 0 amide bonds. The summed E-state index contributed by atoms with van der Waals surface area (Å²) in [6.07, 6.45) is 0. The Morgan fingerprint density at radius 1 is 1.24 bits per heavy atom. The Morgan fingerprint density at radius 2 is 2.12 bits per heavy atom. The molecule has 0 saturated carbocycles. The van der Waals surface area contributed by atoms with E-state index in [0.29, 0.717) is 18.0 Å². The molecule has 0 aliphatic carbocycles. The minimum atomic E-state index is 0.308. The van der Waals surface area contributed by atoms with Crippen LogP contribution in [0.4, 0.5) is 0 Å². The van der Waals surface area contributed by atoms with Gasteiger partial charge in [0.05, 0.1) is 15.8 Å². The molecule has 3 heterocycles. The molecule has 0 atom stereocenters. The molecule has 0 bridgehead atoms. The van der Waals surface area contributed by atoms with Gasteiger partial charge in [0.25, 0.3) is 0 Å². The number of rotatable bonds is 2. The standard InChI is InChI=1S/C10H8ClN5S/c11-8-3-2-7(17-8)6-1-4-9-13-14-10(5-12)16(9)15-6/h1-4H,5,12H2. The Kier molecular flexibility index (Phi) is 2.54. The zero-order valence-corrected chi connectivity index (χ0v) is 10.2. The summed E-state index contributed by atoms with van der Waals surface area (Å²) in [4.78, 5) is 1.01. The molecule has 17 heavy (non-hydrogen) atoms. The SMILES string of the molecule is NCc1nnc2ccc(-c3ccc(Cl)s3)nn12. The van der Waals surface area contributed by atoms with E-state index in [-0.39, 0.29) is 0 Å². The molecule has 3 aromatic heterocycles. The second-order valence-corrected chi connectivity index (χ2v) is 5.13. The highest BCUT2D eigenvalue weighted by Gasteiger charge is 2.08. The van der Waals surface area contributed by atoms with Crippen molar-refractivity contribution in [3.05, 3.63) is 34.4 Å². The van der Waals surface area contributed by atoms with Gasteiger partial charge in [0.15, 0.2) is 11.5 Å². The molecule has 0 unspecified atom stereocenters. The second kappa shape index (κ2) is 4.06. The zero-order chi connectivity index (χ0) is 11.8. The third-order valence-electron chi connectivity index (χ3n) is 2.34. The van der Waals surface area contributed by atoms with Crippen molar-refractivity contribution in [1.82, 2.24) is 19.8 Å². The van der Waals surface area contributed by atoms with Crippen LogP contribution >= 0.6 is 22.9 Å².